The summed E-state index contributed by atoms with van der Waals surface area (Å²) in [5.41, 5.74) is 7.29. The molecule has 8 nitrogen and oxygen atoms in total. The van der Waals surface area contributed by atoms with Crippen molar-refractivity contribution in [2.45, 2.75) is 0 Å². The number of carboxylic acids is 2. The van der Waals surface area contributed by atoms with Crippen LogP contribution in [0.1, 0.15) is 31.8 Å². The van der Waals surface area contributed by atoms with Crippen molar-refractivity contribution in [3.8, 4) is 0 Å². The molecule has 2 aromatic carbocycles. The molecule has 120 valence electrons. The number of hydrogen-bond donors (Lipinski definition) is 4. The van der Waals surface area contributed by atoms with Crippen molar-refractivity contribution < 1.29 is 19.8 Å². The molecule has 4 N–H and O–H groups in total. The molecule has 2 aromatic rings. The summed E-state index contributed by atoms with van der Waals surface area (Å²) in [6, 6.07) is 12.4. The summed E-state index contributed by atoms with van der Waals surface area (Å²) in [5, 5.41) is 26.1. The molecule has 0 unspecified atom stereocenters. The lowest BCUT2D eigenvalue weighted by Crippen LogP contribution is -2.34. The quantitative estimate of drug-likeness (QED) is 0.672. The maximum atomic E-state index is 10.8. The number of hydrogen-bond acceptors (Lipinski definition) is 6. The largest absolute Gasteiger partial charge is 0.478 e. The molecule has 0 saturated heterocycles. The van der Waals surface area contributed by atoms with E-state index in [0.29, 0.717) is 22.8 Å². The van der Waals surface area contributed by atoms with Crippen LogP contribution in [-0.2, 0) is 0 Å². The first-order chi connectivity index (χ1) is 11.5. The first-order valence-corrected chi connectivity index (χ1v) is 6.89. The predicted octanol–water partition coefficient (Wildman–Crippen LogP) is 1.30. The van der Waals surface area contributed by atoms with Gasteiger partial charge in [-0.1, -0.05) is 24.3 Å². The second-order valence-electron chi connectivity index (χ2n) is 4.91. The number of carbonyl (C=O) groups is 2. The number of rotatable bonds is 4. The van der Waals surface area contributed by atoms with Gasteiger partial charge in [-0.3, -0.25) is 10.9 Å². The maximum absolute atomic E-state index is 10.8. The molecule has 8 heteroatoms. The zero-order valence-corrected chi connectivity index (χ0v) is 12.2. The number of hydrazone groups is 2. The third-order valence-electron chi connectivity index (χ3n) is 3.36. The van der Waals surface area contributed by atoms with Crippen LogP contribution >= 0.6 is 0 Å². The SMILES string of the molecule is O=C(O)c1ccc(C2=NNC(c3ccc(C(=O)O)cc3)=NN2)cc1. The van der Waals surface area contributed by atoms with E-state index in [1.807, 2.05) is 0 Å². The molecule has 0 fully saturated rings. The first kappa shape index (κ1) is 15.2. The molecule has 0 aliphatic carbocycles. The molecule has 1 aliphatic heterocycles. The second-order valence-corrected chi connectivity index (χ2v) is 4.91. The lowest BCUT2D eigenvalue weighted by Gasteiger charge is -2.15. The number of nitrogens with one attached hydrogen (secondary N) is 2. The maximum Gasteiger partial charge on any atom is 0.335 e. The third kappa shape index (κ3) is 3.07. The molecule has 24 heavy (non-hydrogen) atoms. The van der Waals surface area contributed by atoms with E-state index in [1.54, 1.807) is 24.3 Å². The van der Waals surface area contributed by atoms with Gasteiger partial charge in [-0.25, -0.2) is 9.59 Å². The van der Waals surface area contributed by atoms with Crippen molar-refractivity contribution in [1.29, 1.82) is 0 Å². The van der Waals surface area contributed by atoms with Gasteiger partial charge in [-0.05, 0) is 24.3 Å². The highest BCUT2D eigenvalue weighted by molar-refractivity contribution is 6.06. The normalized spacial score (nSPS) is 13.2. The van der Waals surface area contributed by atoms with Gasteiger partial charge in [-0.15, -0.1) is 0 Å². The molecule has 0 aromatic heterocycles. The van der Waals surface area contributed by atoms with Crippen LogP contribution in [0.4, 0.5) is 0 Å². The fraction of sp³-hybridized carbons (Fsp3) is 0. The third-order valence-corrected chi connectivity index (χ3v) is 3.36. The summed E-state index contributed by atoms with van der Waals surface area (Å²) >= 11 is 0. The van der Waals surface area contributed by atoms with Crippen LogP contribution in [0.3, 0.4) is 0 Å². The van der Waals surface area contributed by atoms with E-state index in [9.17, 15) is 9.59 Å². The van der Waals surface area contributed by atoms with E-state index in [2.05, 4.69) is 21.1 Å². The summed E-state index contributed by atoms with van der Waals surface area (Å²) < 4.78 is 0. The molecule has 1 aliphatic rings. The Hall–Kier alpha value is -3.68. The minimum Gasteiger partial charge on any atom is -0.478 e. The fourth-order valence-corrected chi connectivity index (χ4v) is 2.07. The van der Waals surface area contributed by atoms with Gasteiger partial charge in [0.15, 0.2) is 11.7 Å². The first-order valence-electron chi connectivity index (χ1n) is 6.89. The summed E-state index contributed by atoms with van der Waals surface area (Å²) in [4.78, 5) is 21.7. The van der Waals surface area contributed by atoms with Gasteiger partial charge in [0.2, 0.25) is 0 Å². The monoisotopic (exact) mass is 324 g/mol. The van der Waals surface area contributed by atoms with Gasteiger partial charge < -0.3 is 10.2 Å². The standard InChI is InChI=1S/C16H12N4O4/c21-15(22)11-5-1-9(2-6-11)13-17-19-14(20-18-13)10-3-7-12(8-4-10)16(23)24/h1-8H,(H,17,18)(H,19,20)(H,21,22)(H,23,24). The van der Waals surface area contributed by atoms with E-state index in [0.717, 1.165) is 0 Å². The molecule has 0 saturated carbocycles. The summed E-state index contributed by atoms with van der Waals surface area (Å²) in [7, 11) is 0. The second kappa shape index (κ2) is 6.21. The number of nitrogens with zero attached hydrogens (tertiary/aromatic N) is 2. The molecule has 0 bridgehead atoms. The lowest BCUT2D eigenvalue weighted by molar-refractivity contribution is 0.0686. The predicted molar refractivity (Wildman–Crippen MR) is 86.1 cm³/mol. The number of benzene rings is 2. The highest BCUT2D eigenvalue weighted by Gasteiger charge is 2.13. The van der Waals surface area contributed by atoms with Gasteiger partial charge >= 0.3 is 11.9 Å². The van der Waals surface area contributed by atoms with Gasteiger partial charge in [0.05, 0.1) is 11.1 Å². The van der Waals surface area contributed by atoms with Crippen LogP contribution in [0.5, 0.6) is 0 Å². The van der Waals surface area contributed by atoms with E-state index in [1.165, 1.54) is 24.3 Å². The highest BCUT2D eigenvalue weighted by Crippen LogP contribution is 2.09. The molecule has 1 heterocycles. The van der Waals surface area contributed by atoms with Crippen molar-refractivity contribution in [3.05, 3.63) is 70.8 Å². The van der Waals surface area contributed by atoms with Gasteiger partial charge in [0, 0.05) is 11.1 Å². The summed E-state index contributed by atoms with van der Waals surface area (Å²) in [6.45, 7) is 0. The summed E-state index contributed by atoms with van der Waals surface area (Å²) in [5.74, 6) is -1.11. The van der Waals surface area contributed by atoms with Crippen molar-refractivity contribution in [1.82, 2.24) is 10.9 Å². The molecular weight excluding hydrogens is 312 g/mol. The Morgan fingerprint density at radius 3 is 1.25 bits per heavy atom. The summed E-state index contributed by atoms with van der Waals surface area (Å²) in [6.07, 6.45) is 0. The molecule has 0 amide bonds. The van der Waals surface area contributed by atoms with E-state index in [4.69, 9.17) is 10.2 Å². The van der Waals surface area contributed by atoms with E-state index < -0.39 is 11.9 Å². The minimum atomic E-state index is -0.997. The Morgan fingerprint density at radius 2 is 1.00 bits per heavy atom. The van der Waals surface area contributed by atoms with Crippen molar-refractivity contribution in [2.24, 2.45) is 10.2 Å². The lowest BCUT2D eigenvalue weighted by atomic mass is 10.1. The van der Waals surface area contributed by atoms with Gasteiger partial charge in [-0.2, -0.15) is 10.2 Å². The topological polar surface area (TPSA) is 123 Å². The Kier molecular flexibility index (Phi) is 3.94. The Bertz CT molecular complexity index is 781. The molecule has 0 spiro atoms. The average molecular weight is 324 g/mol. The van der Waals surface area contributed by atoms with Crippen LogP contribution in [-0.4, -0.2) is 33.8 Å². The zero-order chi connectivity index (χ0) is 17.1. The fourth-order valence-electron chi connectivity index (χ4n) is 2.07. The highest BCUT2D eigenvalue weighted by atomic mass is 16.4. The number of aromatic carboxylic acids is 2. The zero-order valence-electron chi connectivity index (χ0n) is 12.2. The molecular formula is C16H12N4O4. The van der Waals surface area contributed by atoms with Crippen LogP contribution in [0.2, 0.25) is 0 Å². The molecule has 0 atom stereocenters. The van der Waals surface area contributed by atoms with E-state index in [-0.39, 0.29) is 11.1 Å². The minimum absolute atomic E-state index is 0.186. The van der Waals surface area contributed by atoms with Gasteiger partial charge in [0.1, 0.15) is 0 Å². The van der Waals surface area contributed by atoms with Crippen LogP contribution < -0.4 is 10.9 Å². The smallest absolute Gasteiger partial charge is 0.335 e. The van der Waals surface area contributed by atoms with Crippen molar-refractivity contribution in [3.63, 3.8) is 0 Å². The van der Waals surface area contributed by atoms with Gasteiger partial charge in [0.25, 0.3) is 0 Å². The Balaban J connectivity index is 1.73. The average Bonchev–Trinajstić information content (AvgIpc) is 2.62. The molecule has 0 radical (unpaired) electrons. The van der Waals surface area contributed by atoms with Crippen LogP contribution in [0.15, 0.2) is 58.7 Å². The Morgan fingerprint density at radius 1 is 0.667 bits per heavy atom. The van der Waals surface area contributed by atoms with E-state index >= 15 is 0 Å². The van der Waals surface area contributed by atoms with Crippen LogP contribution in [0.25, 0.3) is 0 Å². The van der Waals surface area contributed by atoms with Crippen molar-refractivity contribution in [2.75, 3.05) is 0 Å². The Labute approximate surface area is 136 Å². The number of amidine groups is 2. The van der Waals surface area contributed by atoms with Crippen molar-refractivity contribution >= 4 is 23.6 Å². The number of carboxylic acid groups (broad SMARTS) is 2. The van der Waals surface area contributed by atoms with Crippen LogP contribution in [0, 0.1) is 0 Å². The molecule has 3 rings (SSSR count).